The highest BCUT2D eigenvalue weighted by Gasteiger charge is 2.21. The van der Waals surface area contributed by atoms with Crippen molar-refractivity contribution in [3.8, 4) is 0 Å². The summed E-state index contributed by atoms with van der Waals surface area (Å²) >= 11 is 3.57. The van der Waals surface area contributed by atoms with Crippen molar-refractivity contribution in [2.24, 2.45) is 0 Å². The van der Waals surface area contributed by atoms with Crippen molar-refractivity contribution in [1.29, 1.82) is 0 Å². The summed E-state index contributed by atoms with van der Waals surface area (Å²) in [5.41, 5.74) is 8.11. The van der Waals surface area contributed by atoms with E-state index in [9.17, 15) is 0 Å². The molecule has 0 amide bonds. The third-order valence-corrected chi connectivity index (χ3v) is 3.95. The highest BCUT2D eigenvalue weighted by molar-refractivity contribution is 9.10. The number of benzene rings is 1. The Hall–Kier alpha value is -0.540. The molecule has 15 heavy (non-hydrogen) atoms. The molecule has 1 aliphatic rings. The molecule has 1 fully saturated rings. The third-order valence-electron chi connectivity index (χ3n) is 3.21. The molecule has 1 aromatic rings. The van der Waals surface area contributed by atoms with Crippen molar-refractivity contribution in [2.75, 3.05) is 12.3 Å². The molecule has 0 saturated carbocycles. The topological polar surface area (TPSA) is 29.3 Å². The molecule has 0 aromatic heterocycles. The molecule has 2 nitrogen and oxygen atoms in total. The van der Waals surface area contributed by atoms with Gasteiger partial charge in [0.1, 0.15) is 0 Å². The van der Waals surface area contributed by atoms with Gasteiger partial charge in [-0.25, -0.2) is 0 Å². The van der Waals surface area contributed by atoms with Crippen molar-refractivity contribution in [2.45, 2.75) is 32.4 Å². The highest BCUT2D eigenvalue weighted by atomic mass is 79.9. The van der Waals surface area contributed by atoms with Crippen molar-refractivity contribution >= 4 is 21.6 Å². The molecule has 0 radical (unpaired) electrons. The Kier molecular flexibility index (Phi) is 3.32. The van der Waals surface area contributed by atoms with Crippen LogP contribution in [-0.4, -0.2) is 17.5 Å². The van der Waals surface area contributed by atoms with Crippen molar-refractivity contribution in [3.05, 3.63) is 28.2 Å². The molecule has 1 atom stereocenters. The molecular weight excluding hydrogens is 252 g/mol. The summed E-state index contributed by atoms with van der Waals surface area (Å²) in [5.74, 6) is 0. The summed E-state index contributed by atoms with van der Waals surface area (Å²) < 4.78 is 1.13. The summed E-state index contributed by atoms with van der Waals surface area (Å²) in [6.45, 7) is 4.45. The van der Waals surface area contributed by atoms with Gasteiger partial charge in [-0.2, -0.15) is 0 Å². The zero-order chi connectivity index (χ0) is 10.8. The SMILES string of the molecule is CC1CCCN1Cc1c(N)cccc1Br. The number of rotatable bonds is 2. The number of nitrogens with two attached hydrogens (primary N) is 1. The molecule has 1 heterocycles. The fourth-order valence-corrected chi connectivity index (χ4v) is 2.68. The van der Waals surface area contributed by atoms with Crippen LogP contribution in [0.4, 0.5) is 5.69 Å². The van der Waals surface area contributed by atoms with Crippen LogP contribution in [0.5, 0.6) is 0 Å². The minimum absolute atomic E-state index is 0.691. The minimum atomic E-state index is 0.691. The van der Waals surface area contributed by atoms with Crippen LogP contribution < -0.4 is 5.73 Å². The number of likely N-dealkylation sites (tertiary alicyclic amines) is 1. The van der Waals surface area contributed by atoms with Gasteiger partial charge in [-0.15, -0.1) is 0 Å². The first kappa shape index (κ1) is 11.0. The first-order valence-corrected chi connectivity index (χ1v) is 6.24. The Bertz CT molecular complexity index is 331. The molecule has 1 aromatic carbocycles. The van der Waals surface area contributed by atoms with E-state index >= 15 is 0 Å². The number of hydrogen-bond acceptors (Lipinski definition) is 2. The van der Waals surface area contributed by atoms with E-state index in [0.717, 1.165) is 16.7 Å². The molecule has 1 aliphatic heterocycles. The molecule has 1 saturated heterocycles. The molecule has 2 rings (SSSR count). The largest absolute Gasteiger partial charge is 0.398 e. The van der Waals surface area contributed by atoms with E-state index in [0.29, 0.717) is 6.04 Å². The fraction of sp³-hybridized carbons (Fsp3) is 0.500. The monoisotopic (exact) mass is 268 g/mol. The Balaban J connectivity index is 2.16. The Morgan fingerprint density at radius 3 is 2.93 bits per heavy atom. The van der Waals surface area contributed by atoms with E-state index < -0.39 is 0 Å². The summed E-state index contributed by atoms with van der Waals surface area (Å²) in [5, 5.41) is 0. The van der Waals surface area contributed by atoms with E-state index in [2.05, 4.69) is 33.8 Å². The van der Waals surface area contributed by atoms with Crippen LogP contribution in [0.3, 0.4) is 0 Å². The Morgan fingerprint density at radius 1 is 1.53 bits per heavy atom. The van der Waals surface area contributed by atoms with Crippen LogP contribution in [-0.2, 0) is 6.54 Å². The molecule has 0 spiro atoms. The molecular formula is C12H17BrN2. The van der Waals surface area contributed by atoms with Crippen LogP contribution in [0.15, 0.2) is 22.7 Å². The minimum Gasteiger partial charge on any atom is -0.398 e. The predicted octanol–water partition coefficient (Wildman–Crippen LogP) is 3.02. The van der Waals surface area contributed by atoms with Gasteiger partial charge >= 0.3 is 0 Å². The van der Waals surface area contributed by atoms with E-state index in [1.54, 1.807) is 0 Å². The first-order valence-electron chi connectivity index (χ1n) is 5.45. The van der Waals surface area contributed by atoms with Gasteiger partial charge in [0.15, 0.2) is 0 Å². The molecule has 2 N–H and O–H groups in total. The van der Waals surface area contributed by atoms with E-state index in [4.69, 9.17) is 5.73 Å². The molecule has 0 bridgehead atoms. The van der Waals surface area contributed by atoms with Gasteiger partial charge in [0.25, 0.3) is 0 Å². The second kappa shape index (κ2) is 4.54. The number of hydrogen-bond donors (Lipinski definition) is 1. The average Bonchev–Trinajstić information content (AvgIpc) is 2.58. The van der Waals surface area contributed by atoms with Gasteiger partial charge in [-0.3, -0.25) is 4.90 Å². The standard InChI is InChI=1S/C12H17BrN2/c1-9-4-3-7-15(9)8-10-11(13)5-2-6-12(10)14/h2,5-6,9H,3-4,7-8,14H2,1H3. The van der Waals surface area contributed by atoms with Crippen molar-refractivity contribution < 1.29 is 0 Å². The van der Waals surface area contributed by atoms with Gasteiger partial charge in [0, 0.05) is 28.3 Å². The van der Waals surface area contributed by atoms with Gasteiger partial charge < -0.3 is 5.73 Å². The van der Waals surface area contributed by atoms with E-state index in [1.165, 1.54) is 24.9 Å². The highest BCUT2D eigenvalue weighted by Crippen LogP contribution is 2.27. The summed E-state index contributed by atoms with van der Waals surface area (Å²) in [4.78, 5) is 2.50. The summed E-state index contributed by atoms with van der Waals surface area (Å²) in [6, 6.07) is 6.71. The predicted molar refractivity (Wildman–Crippen MR) is 67.7 cm³/mol. The lowest BCUT2D eigenvalue weighted by molar-refractivity contribution is 0.260. The lowest BCUT2D eigenvalue weighted by Crippen LogP contribution is -2.26. The Labute approximate surface area is 99.6 Å². The van der Waals surface area contributed by atoms with Crippen molar-refractivity contribution in [1.82, 2.24) is 4.90 Å². The number of halogens is 1. The second-order valence-corrected chi connectivity index (χ2v) is 5.12. The van der Waals surface area contributed by atoms with Gasteiger partial charge in [0.05, 0.1) is 0 Å². The normalized spacial score (nSPS) is 22.1. The van der Waals surface area contributed by atoms with E-state index in [1.807, 2.05) is 12.1 Å². The first-order chi connectivity index (χ1) is 7.18. The zero-order valence-corrected chi connectivity index (χ0v) is 10.6. The van der Waals surface area contributed by atoms with Crippen molar-refractivity contribution in [3.63, 3.8) is 0 Å². The number of nitrogens with zero attached hydrogens (tertiary/aromatic N) is 1. The smallest absolute Gasteiger partial charge is 0.0371 e. The third kappa shape index (κ3) is 2.34. The van der Waals surface area contributed by atoms with Crippen LogP contribution in [0.2, 0.25) is 0 Å². The molecule has 3 heteroatoms. The molecule has 1 unspecified atom stereocenters. The number of nitrogen functional groups attached to an aromatic ring is 1. The molecule has 82 valence electrons. The summed E-state index contributed by atoms with van der Waals surface area (Å²) in [6.07, 6.45) is 2.62. The number of anilines is 1. The summed E-state index contributed by atoms with van der Waals surface area (Å²) in [7, 11) is 0. The van der Waals surface area contributed by atoms with Crippen LogP contribution in [0, 0.1) is 0 Å². The average molecular weight is 269 g/mol. The van der Waals surface area contributed by atoms with Gasteiger partial charge in [0.2, 0.25) is 0 Å². The van der Waals surface area contributed by atoms with Gasteiger partial charge in [-0.05, 0) is 38.4 Å². The maximum absolute atomic E-state index is 5.99. The van der Waals surface area contributed by atoms with E-state index in [-0.39, 0.29) is 0 Å². The lowest BCUT2D eigenvalue weighted by atomic mass is 10.1. The Morgan fingerprint density at radius 2 is 2.33 bits per heavy atom. The van der Waals surface area contributed by atoms with Crippen LogP contribution >= 0.6 is 15.9 Å². The lowest BCUT2D eigenvalue weighted by Gasteiger charge is -2.22. The fourth-order valence-electron chi connectivity index (χ4n) is 2.17. The maximum atomic E-state index is 5.99. The maximum Gasteiger partial charge on any atom is 0.0371 e. The second-order valence-electron chi connectivity index (χ2n) is 4.27. The quantitative estimate of drug-likeness (QED) is 0.836. The zero-order valence-electron chi connectivity index (χ0n) is 9.04. The van der Waals surface area contributed by atoms with Crippen LogP contribution in [0.1, 0.15) is 25.3 Å². The van der Waals surface area contributed by atoms with Crippen LogP contribution in [0.25, 0.3) is 0 Å². The van der Waals surface area contributed by atoms with Gasteiger partial charge in [-0.1, -0.05) is 22.0 Å². The molecule has 0 aliphatic carbocycles.